The standard InChI is InChI=1S/C24H36O7/c1-6-23(4,5)21(14-24(28)10-11-29-16-20(24)27)30-12-9-22(2,3)8-7-17-13-18(25)19(26)15-31-17/h10-11,13,15,21,26,28H,6-9,12,14,16H2,1-5H3. The van der Waals surface area contributed by atoms with E-state index < -0.39 is 11.0 Å². The zero-order chi connectivity index (χ0) is 23.3. The van der Waals surface area contributed by atoms with Gasteiger partial charge in [0.05, 0.1) is 12.4 Å². The van der Waals surface area contributed by atoms with Crippen LogP contribution < -0.4 is 5.43 Å². The van der Waals surface area contributed by atoms with Crippen molar-refractivity contribution in [1.29, 1.82) is 0 Å². The Morgan fingerprint density at radius 2 is 1.94 bits per heavy atom. The number of aromatic hydroxyl groups is 1. The van der Waals surface area contributed by atoms with Gasteiger partial charge in [-0.25, -0.2) is 0 Å². The third-order valence-corrected chi connectivity index (χ3v) is 6.43. The second kappa shape index (κ2) is 10.0. The van der Waals surface area contributed by atoms with Crippen LogP contribution in [0, 0.1) is 10.8 Å². The summed E-state index contributed by atoms with van der Waals surface area (Å²) in [5.41, 5.74) is -2.31. The summed E-state index contributed by atoms with van der Waals surface area (Å²) in [6, 6.07) is 1.32. The third kappa shape index (κ3) is 6.94. The molecule has 2 N–H and O–H groups in total. The van der Waals surface area contributed by atoms with E-state index in [9.17, 15) is 19.8 Å². The molecule has 2 unspecified atom stereocenters. The Bertz CT molecular complexity index is 837. The number of ether oxygens (including phenoxy) is 2. The summed E-state index contributed by atoms with van der Waals surface area (Å²) in [4.78, 5) is 23.8. The molecule has 0 saturated carbocycles. The lowest BCUT2D eigenvalue weighted by molar-refractivity contribution is -0.145. The van der Waals surface area contributed by atoms with Crippen LogP contribution in [0.5, 0.6) is 5.75 Å². The maximum absolute atomic E-state index is 12.2. The normalized spacial score (nSPS) is 20.5. The second-order valence-electron chi connectivity index (χ2n) is 9.88. The van der Waals surface area contributed by atoms with Crippen molar-refractivity contribution in [3.05, 3.63) is 40.7 Å². The monoisotopic (exact) mass is 436 g/mol. The molecule has 2 heterocycles. The van der Waals surface area contributed by atoms with E-state index in [2.05, 4.69) is 34.6 Å². The molecular formula is C24H36O7. The molecule has 0 bridgehead atoms. The van der Waals surface area contributed by atoms with Crippen molar-refractivity contribution in [3.63, 3.8) is 0 Å². The van der Waals surface area contributed by atoms with Crippen LogP contribution in [0.4, 0.5) is 0 Å². The lowest BCUT2D eigenvalue weighted by atomic mass is 9.76. The van der Waals surface area contributed by atoms with Crippen molar-refractivity contribution in [2.75, 3.05) is 13.2 Å². The van der Waals surface area contributed by atoms with E-state index in [1.54, 1.807) is 0 Å². The summed E-state index contributed by atoms with van der Waals surface area (Å²) in [5, 5.41) is 20.1. The van der Waals surface area contributed by atoms with Crippen LogP contribution in [0.2, 0.25) is 0 Å². The van der Waals surface area contributed by atoms with Crippen molar-refractivity contribution in [1.82, 2.24) is 0 Å². The first-order chi connectivity index (χ1) is 14.4. The topological polar surface area (TPSA) is 106 Å². The van der Waals surface area contributed by atoms with Gasteiger partial charge < -0.3 is 24.1 Å². The minimum Gasteiger partial charge on any atom is -0.502 e. The van der Waals surface area contributed by atoms with Gasteiger partial charge in [-0.2, -0.15) is 0 Å². The summed E-state index contributed by atoms with van der Waals surface area (Å²) >= 11 is 0. The molecule has 7 nitrogen and oxygen atoms in total. The number of carbonyl (C=O) groups excluding carboxylic acids is 1. The molecule has 0 aromatic carbocycles. The fourth-order valence-corrected chi connectivity index (χ4v) is 3.39. The number of aliphatic hydroxyl groups is 1. The van der Waals surface area contributed by atoms with Gasteiger partial charge >= 0.3 is 0 Å². The maximum Gasteiger partial charge on any atom is 0.226 e. The number of carbonyl (C=O) groups is 1. The molecule has 1 aromatic heterocycles. The number of hydrogen-bond acceptors (Lipinski definition) is 7. The predicted molar refractivity (Wildman–Crippen MR) is 117 cm³/mol. The van der Waals surface area contributed by atoms with E-state index in [-0.39, 0.29) is 41.5 Å². The molecule has 31 heavy (non-hydrogen) atoms. The van der Waals surface area contributed by atoms with Crippen LogP contribution in [0.1, 0.15) is 66.1 Å². The van der Waals surface area contributed by atoms with E-state index in [1.807, 2.05) is 0 Å². The maximum atomic E-state index is 12.2. The summed E-state index contributed by atoms with van der Waals surface area (Å²) in [6.07, 6.45) is 6.69. The van der Waals surface area contributed by atoms with Gasteiger partial charge in [-0.15, -0.1) is 0 Å². The molecule has 0 radical (unpaired) electrons. The molecule has 1 aromatic rings. The van der Waals surface area contributed by atoms with Crippen LogP contribution >= 0.6 is 0 Å². The lowest BCUT2D eigenvalue weighted by Crippen LogP contribution is -2.47. The third-order valence-electron chi connectivity index (χ3n) is 6.43. The largest absolute Gasteiger partial charge is 0.502 e. The number of ketones is 1. The van der Waals surface area contributed by atoms with E-state index in [4.69, 9.17) is 13.9 Å². The van der Waals surface area contributed by atoms with E-state index in [0.717, 1.165) is 25.5 Å². The first kappa shape index (κ1) is 25.1. The average Bonchev–Trinajstić information content (AvgIpc) is 2.70. The van der Waals surface area contributed by atoms with Gasteiger partial charge in [0.2, 0.25) is 11.2 Å². The lowest BCUT2D eigenvalue weighted by Gasteiger charge is -2.39. The Labute approximate surface area is 184 Å². The van der Waals surface area contributed by atoms with Crippen LogP contribution in [-0.4, -0.2) is 40.9 Å². The highest BCUT2D eigenvalue weighted by atomic mass is 16.5. The van der Waals surface area contributed by atoms with Gasteiger partial charge in [0, 0.05) is 25.5 Å². The highest BCUT2D eigenvalue weighted by Gasteiger charge is 2.42. The van der Waals surface area contributed by atoms with E-state index >= 15 is 0 Å². The Balaban J connectivity index is 1.96. The SMILES string of the molecule is CCC(C)(C)C(CC1(O)C=COCC1=O)OCCC(C)(C)CCc1cc(=O)c(O)co1. The summed E-state index contributed by atoms with van der Waals surface area (Å²) in [6.45, 7) is 10.8. The number of Topliss-reactive ketones (excluding diaryl/α,β-unsaturated/α-hetero) is 1. The molecule has 0 saturated heterocycles. The first-order valence-electron chi connectivity index (χ1n) is 10.9. The molecule has 1 aliphatic heterocycles. The van der Waals surface area contributed by atoms with Gasteiger partial charge in [0.15, 0.2) is 5.75 Å². The fraction of sp³-hybridized carbons (Fsp3) is 0.667. The van der Waals surface area contributed by atoms with E-state index in [0.29, 0.717) is 18.8 Å². The molecule has 0 fully saturated rings. The zero-order valence-corrected chi connectivity index (χ0v) is 19.3. The van der Waals surface area contributed by atoms with Crippen LogP contribution in [0.25, 0.3) is 0 Å². The zero-order valence-electron chi connectivity index (χ0n) is 19.3. The van der Waals surface area contributed by atoms with Gasteiger partial charge in [0.1, 0.15) is 24.2 Å². The molecule has 174 valence electrons. The second-order valence-corrected chi connectivity index (χ2v) is 9.88. The fourth-order valence-electron chi connectivity index (χ4n) is 3.39. The summed E-state index contributed by atoms with van der Waals surface area (Å²) in [5.74, 6) is -0.208. The Morgan fingerprint density at radius 3 is 2.55 bits per heavy atom. The molecular weight excluding hydrogens is 400 g/mol. The molecule has 0 aliphatic carbocycles. The van der Waals surface area contributed by atoms with Gasteiger partial charge in [-0.3, -0.25) is 9.59 Å². The Kier molecular flexibility index (Phi) is 8.11. The molecule has 2 rings (SSSR count). The summed E-state index contributed by atoms with van der Waals surface area (Å²) < 4.78 is 16.5. The van der Waals surface area contributed by atoms with Gasteiger partial charge in [-0.1, -0.05) is 34.6 Å². The number of rotatable bonds is 11. The van der Waals surface area contributed by atoms with Gasteiger partial charge in [-0.05, 0) is 36.2 Å². The van der Waals surface area contributed by atoms with Crippen LogP contribution in [-0.2, 0) is 20.7 Å². The van der Waals surface area contributed by atoms with Crippen molar-refractivity contribution in [2.45, 2.75) is 78.4 Å². The number of aryl methyl sites for hydroxylation is 1. The minimum absolute atomic E-state index is 0.0807. The van der Waals surface area contributed by atoms with Crippen LogP contribution in [0.15, 0.2) is 33.9 Å². The predicted octanol–water partition coefficient (Wildman–Crippen LogP) is 3.75. The highest BCUT2D eigenvalue weighted by Crippen LogP contribution is 2.35. The molecule has 0 amide bonds. The summed E-state index contributed by atoms with van der Waals surface area (Å²) in [7, 11) is 0. The van der Waals surface area contributed by atoms with Crippen molar-refractivity contribution >= 4 is 5.78 Å². The molecule has 0 spiro atoms. The first-order valence-corrected chi connectivity index (χ1v) is 10.9. The Morgan fingerprint density at radius 1 is 1.23 bits per heavy atom. The molecule has 1 aliphatic rings. The van der Waals surface area contributed by atoms with Crippen molar-refractivity contribution in [2.24, 2.45) is 10.8 Å². The minimum atomic E-state index is -1.57. The smallest absolute Gasteiger partial charge is 0.226 e. The Hall–Kier alpha value is -2.12. The van der Waals surface area contributed by atoms with E-state index in [1.165, 1.54) is 18.4 Å². The molecule has 7 heteroatoms. The van der Waals surface area contributed by atoms with Crippen LogP contribution in [0.3, 0.4) is 0 Å². The van der Waals surface area contributed by atoms with Crippen molar-refractivity contribution in [3.8, 4) is 5.75 Å². The molecule has 2 atom stereocenters. The van der Waals surface area contributed by atoms with Crippen molar-refractivity contribution < 1.29 is 28.9 Å². The quantitative estimate of drug-likeness (QED) is 0.544. The highest BCUT2D eigenvalue weighted by molar-refractivity contribution is 5.91. The van der Waals surface area contributed by atoms with Gasteiger partial charge in [0.25, 0.3) is 0 Å². The number of hydrogen-bond donors (Lipinski definition) is 2. The average molecular weight is 437 g/mol.